The third kappa shape index (κ3) is 3.64. The Morgan fingerprint density at radius 2 is 1.14 bits per heavy atom. The third-order valence-electron chi connectivity index (χ3n) is 3.26. The molecule has 2 rings (SSSR count). The number of fused-ring (bicyclic) bond motifs is 2. The summed E-state index contributed by atoms with van der Waals surface area (Å²) in [6.45, 7) is 10.8. The van der Waals surface area contributed by atoms with Gasteiger partial charge in [-0.2, -0.15) is 0 Å². The summed E-state index contributed by atoms with van der Waals surface area (Å²) in [5, 5.41) is 0. The topological polar surface area (TPSA) is 61.8 Å². The molecule has 118 valence electrons. The van der Waals surface area contributed by atoms with Crippen molar-refractivity contribution in [3.63, 3.8) is 0 Å². The minimum absolute atomic E-state index is 0.401. The second kappa shape index (κ2) is 5.13. The van der Waals surface area contributed by atoms with Crippen LogP contribution in [0, 0.1) is 11.8 Å². The van der Waals surface area contributed by atoms with Crippen molar-refractivity contribution in [2.24, 2.45) is 11.8 Å². The molecule has 0 radical (unpaired) electrons. The smallest absolute Gasteiger partial charge is 0.313 e. The molecule has 4 atom stereocenters. The molecule has 2 heterocycles. The summed E-state index contributed by atoms with van der Waals surface area (Å²) in [5.74, 6) is -2.08. The van der Waals surface area contributed by atoms with Crippen molar-refractivity contribution in [1.29, 1.82) is 0 Å². The quantitative estimate of drug-likeness (QED) is 0.577. The van der Waals surface area contributed by atoms with Gasteiger partial charge in [-0.05, 0) is 41.5 Å². The molecule has 5 nitrogen and oxygen atoms in total. The van der Waals surface area contributed by atoms with E-state index in [4.69, 9.17) is 14.2 Å². The Morgan fingerprint density at radius 1 is 0.810 bits per heavy atom. The van der Waals surface area contributed by atoms with Gasteiger partial charge < -0.3 is 14.2 Å². The predicted molar refractivity (Wildman–Crippen MR) is 76.5 cm³/mol. The molecule has 0 aliphatic carbocycles. The standard InChI is InChI=1S/C16H24O5/c1-15(2,3)20-13(17)11-9-7-8-10(19-9)12(11)14(18)21-16(4,5)6/h7-12H,1-6H3. The van der Waals surface area contributed by atoms with Crippen molar-refractivity contribution in [3.8, 4) is 0 Å². The summed E-state index contributed by atoms with van der Waals surface area (Å²) >= 11 is 0. The summed E-state index contributed by atoms with van der Waals surface area (Å²) in [6, 6.07) is 0. The molecule has 0 aromatic heterocycles. The van der Waals surface area contributed by atoms with Gasteiger partial charge in [-0.15, -0.1) is 0 Å². The van der Waals surface area contributed by atoms with Crippen LogP contribution in [0.3, 0.4) is 0 Å². The number of rotatable bonds is 2. The van der Waals surface area contributed by atoms with Gasteiger partial charge in [0.25, 0.3) is 0 Å². The van der Waals surface area contributed by atoms with Crippen LogP contribution >= 0.6 is 0 Å². The molecule has 5 heteroatoms. The molecule has 0 aromatic carbocycles. The number of ether oxygens (including phenoxy) is 3. The molecular formula is C16H24O5. The maximum absolute atomic E-state index is 12.4. The maximum Gasteiger partial charge on any atom is 0.313 e. The zero-order valence-electron chi connectivity index (χ0n) is 13.5. The summed E-state index contributed by atoms with van der Waals surface area (Å²) in [7, 11) is 0. The first-order chi connectivity index (χ1) is 9.48. The molecule has 0 N–H and O–H groups in total. The molecule has 1 saturated heterocycles. The lowest BCUT2D eigenvalue weighted by Gasteiger charge is -2.29. The molecular weight excluding hydrogens is 272 g/mol. The highest BCUT2D eigenvalue weighted by molar-refractivity contribution is 5.85. The van der Waals surface area contributed by atoms with Crippen LogP contribution < -0.4 is 0 Å². The number of hydrogen-bond acceptors (Lipinski definition) is 5. The molecule has 0 spiro atoms. The van der Waals surface area contributed by atoms with E-state index in [-0.39, 0.29) is 0 Å². The van der Waals surface area contributed by atoms with Gasteiger partial charge in [-0.1, -0.05) is 12.2 Å². The Bertz CT molecular complexity index is 424. The molecule has 2 aliphatic heterocycles. The molecule has 1 fully saturated rings. The van der Waals surface area contributed by atoms with Gasteiger partial charge in [0, 0.05) is 0 Å². The highest BCUT2D eigenvalue weighted by Crippen LogP contribution is 2.41. The average molecular weight is 296 g/mol. The van der Waals surface area contributed by atoms with E-state index >= 15 is 0 Å². The van der Waals surface area contributed by atoms with Crippen molar-refractivity contribution in [3.05, 3.63) is 12.2 Å². The number of carbonyl (C=O) groups is 2. The fraction of sp³-hybridized carbons (Fsp3) is 0.750. The van der Waals surface area contributed by atoms with Crippen LogP contribution in [0.15, 0.2) is 12.2 Å². The summed E-state index contributed by atoms with van der Waals surface area (Å²) in [4.78, 5) is 24.8. The second-order valence-corrected chi connectivity index (χ2v) is 7.57. The Kier molecular flexibility index (Phi) is 3.91. The second-order valence-electron chi connectivity index (χ2n) is 7.57. The molecule has 0 aromatic rings. The molecule has 2 bridgehead atoms. The van der Waals surface area contributed by atoms with Gasteiger partial charge in [-0.25, -0.2) is 0 Å². The van der Waals surface area contributed by atoms with E-state index in [0.29, 0.717) is 0 Å². The SMILES string of the molecule is CC(C)(C)OC(=O)C1C2C=CC(O2)C1C(=O)OC(C)(C)C. The van der Waals surface area contributed by atoms with E-state index in [0.717, 1.165) is 0 Å². The molecule has 21 heavy (non-hydrogen) atoms. The average Bonchev–Trinajstić information content (AvgIpc) is 2.82. The van der Waals surface area contributed by atoms with Crippen molar-refractivity contribution in [2.45, 2.75) is 65.0 Å². The van der Waals surface area contributed by atoms with Crippen LogP contribution in [-0.2, 0) is 23.8 Å². The first kappa shape index (κ1) is 16.0. The summed E-state index contributed by atoms with van der Waals surface area (Å²) < 4.78 is 16.5. The summed E-state index contributed by atoms with van der Waals surface area (Å²) in [5.41, 5.74) is -1.19. The lowest BCUT2D eigenvalue weighted by atomic mass is 9.83. The van der Waals surface area contributed by atoms with E-state index in [2.05, 4.69) is 0 Å². The van der Waals surface area contributed by atoms with Crippen LogP contribution in [-0.4, -0.2) is 35.3 Å². The molecule has 0 saturated carbocycles. The van der Waals surface area contributed by atoms with E-state index in [1.54, 1.807) is 41.5 Å². The maximum atomic E-state index is 12.4. The first-order valence-corrected chi connectivity index (χ1v) is 7.27. The molecule has 0 amide bonds. The van der Waals surface area contributed by atoms with Crippen LogP contribution in [0.2, 0.25) is 0 Å². The van der Waals surface area contributed by atoms with Crippen molar-refractivity contribution < 1.29 is 23.8 Å². The number of carbonyl (C=O) groups excluding carboxylic acids is 2. The first-order valence-electron chi connectivity index (χ1n) is 7.27. The van der Waals surface area contributed by atoms with Gasteiger partial charge in [-0.3, -0.25) is 9.59 Å². The van der Waals surface area contributed by atoms with Gasteiger partial charge in [0.05, 0.1) is 12.2 Å². The van der Waals surface area contributed by atoms with Gasteiger partial charge >= 0.3 is 11.9 Å². The van der Waals surface area contributed by atoms with E-state index in [9.17, 15) is 9.59 Å². The predicted octanol–water partition coefficient (Wildman–Crippen LogP) is 2.24. The van der Waals surface area contributed by atoms with Crippen molar-refractivity contribution in [1.82, 2.24) is 0 Å². The van der Waals surface area contributed by atoms with E-state index in [1.165, 1.54) is 0 Å². The van der Waals surface area contributed by atoms with Crippen LogP contribution in [0.25, 0.3) is 0 Å². The van der Waals surface area contributed by atoms with E-state index in [1.807, 2.05) is 12.2 Å². The highest BCUT2D eigenvalue weighted by atomic mass is 16.6. The fourth-order valence-electron chi connectivity index (χ4n) is 2.61. The Hall–Kier alpha value is -1.36. The molecule has 4 unspecified atom stereocenters. The highest BCUT2D eigenvalue weighted by Gasteiger charge is 2.55. The fourth-order valence-corrected chi connectivity index (χ4v) is 2.61. The zero-order valence-corrected chi connectivity index (χ0v) is 13.5. The lowest BCUT2D eigenvalue weighted by molar-refractivity contribution is -0.172. The van der Waals surface area contributed by atoms with Crippen LogP contribution in [0.1, 0.15) is 41.5 Å². The van der Waals surface area contributed by atoms with Crippen molar-refractivity contribution >= 4 is 11.9 Å². The number of hydrogen-bond donors (Lipinski definition) is 0. The van der Waals surface area contributed by atoms with Gasteiger partial charge in [0.1, 0.15) is 23.0 Å². The molecule has 2 aliphatic rings. The van der Waals surface area contributed by atoms with Crippen LogP contribution in [0.4, 0.5) is 0 Å². The monoisotopic (exact) mass is 296 g/mol. The Labute approximate surface area is 125 Å². The Morgan fingerprint density at radius 3 is 1.43 bits per heavy atom. The van der Waals surface area contributed by atoms with E-state index < -0.39 is 47.2 Å². The minimum Gasteiger partial charge on any atom is -0.460 e. The van der Waals surface area contributed by atoms with Crippen molar-refractivity contribution in [2.75, 3.05) is 0 Å². The third-order valence-corrected chi connectivity index (χ3v) is 3.26. The summed E-state index contributed by atoms with van der Waals surface area (Å²) in [6.07, 6.45) is 2.84. The largest absolute Gasteiger partial charge is 0.460 e. The normalized spacial score (nSPS) is 31.3. The van der Waals surface area contributed by atoms with Gasteiger partial charge in [0.2, 0.25) is 0 Å². The Balaban J connectivity index is 2.17. The zero-order chi connectivity index (χ0) is 16.0. The number of esters is 2. The minimum atomic E-state index is -0.630. The lowest BCUT2D eigenvalue weighted by Crippen LogP contribution is -2.42. The van der Waals surface area contributed by atoms with Gasteiger partial charge in [0.15, 0.2) is 0 Å². The van der Waals surface area contributed by atoms with Crippen LogP contribution in [0.5, 0.6) is 0 Å².